The summed E-state index contributed by atoms with van der Waals surface area (Å²) in [6, 6.07) is 9.41. The monoisotopic (exact) mass is 327 g/mol. The second-order valence-corrected chi connectivity index (χ2v) is 5.28. The zero-order valence-electron chi connectivity index (χ0n) is 11.4. The molecule has 19 heavy (non-hydrogen) atoms. The number of carbonyl (C=O) groups is 2. The number of nitrogens with zero attached hydrogens (tertiary/aromatic N) is 1. The van der Waals surface area contributed by atoms with Crippen LogP contribution < -0.4 is 0 Å². The lowest BCUT2D eigenvalue weighted by molar-refractivity contribution is -0.125. The number of hydrogen-bond donors (Lipinski definition) is 0. The molecular formula is C14H18BrNO3. The van der Waals surface area contributed by atoms with E-state index in [1.54, 1.807) is 20.9 Å². The van der Waals surface area contributed by atoms with Gasteiger partial charge in [-0.05, 0) is 19.4 Å². The van der Waals surface area contributed by atoms with Gasteiger partial charge in [0.1, 0.15) is 6.61 Å². The summed E-state index contributed by atoms with van der Waals surface area (Å²) in [5, 5.41) is 0.205. The molecule has 0 aliphatic carbocycles. The molecule has 0 heterocycles. The number of rotatable bonds is 5. The lowest BCUT2D eigenvalue weighted by Crippen LogP contribution is -2.51. The Morgan fingerprint density at radius 2 is 1.84 bits per heavy atom. The lowest BCUT2D eigenvalue weighted by Gasteiger charge is -2.32. The topological polar surface area (TPSA) is 46.6 Å². The predicted octanol–water partition coefficient (Wildman–Crippen LogP) is 3.00. The summed E-state index contributed by atoms with van der Waals surface area (Å²) in [5.74, 6) is -0.0772. The molecule has 1 aromatic rings. The van der Waals surface area contributed by atoms with Crippen molar-refractivity contribution in [1.29, 1.82) is 0 Å². The van der Waals surface area contributed by atoms with Gasteiger partial charge in [-0.15, -0.1) is 0 Å². The molecule has 1 rings (SSSR count). The van der Waals surface area contributed by atoms with Crippen LogP contribution in [0.3, 0.4) is 0 Å². The van der Waals surface area contributed by atoms with Gasteiger partial charge in [0, 0.05) is 7.05 Å². The van der Waals surface area contributed by atoms with Gasteiger partial charge >= 0.3 is 6.09 Å². The van der Waals surface area contributed by atoms with Gasteiger partial charge in [0.25, 0.3) is 0 Å². The average molecular weight is 328 g/mol. The summed E-state index contributed by atoms with van der Waals surface area (Å²) in [6.45, 7) is 3.59. The van der Waals surface area contributed by atoms with E-state index in [0.29, 0.717) is 0 Å². The van der Waals surface area contributed by atoms with Crippen LogP contribution in [0.15, 0.2) is 30.3 Å². The number of benzene rings is 1. The van der Waals surface area contributed by atoms with Gasteiger partial charge < -0.3 is 4.74 Å². The summed E-state index contributed by atoms with van der Waals surface area (Å²) >= 11 is 3.12. The summed E-state index contributed by atoms with van der Waals surface area (Å²) < 4.78 is 5.19. The van der Waals surface area contributed by atoms with E-state index in [9.17, 15) is 9.59 Å². The first-order valence-corrected chi connectivity index (χ1v) is 7.05. The van der Waals surface area contributed by atoms with Crippen molar-refractivity contribution in [3.63, 3.8) is 0 Å². The average Bonchev–Trinajstić information content (AvgIpc) is 2.43. The number of likely N-dealkylation sites (N-methyl/N-ethyl adjacent to an activating group) is 1. The van der Waals surface area contributed by atoms with E-state index in [2.05, 4.69) is 15.9 Å². The number of Topliss-reactive ketones (excluding diaryl/α,β-unsaturated/α-hetero) is 1. The molecule has 0 saturated carbocycles. The molecule has 104 valence electrons. The van der Waals surface area contributed by atoms with Crippen LogP contribution in [0, 0.1) is 0 Å². The molecule has 0 aromatic heterocycles. The Morgan fingerprint density at radius 1 is 1.26 bits per heavy atom. The molecule has 1 amide bonds. The van der Waals surface area contributed by atoms with Crippen LogP contribution in [0.4, 0.5) is 4.79 Å². The van der Waals surface area contributed by atoms with Crippen molar-refractivity contribution in [2.45, 2.75) is 26.0 Å². The van der Waals surface area contributed by atoms with Crippen molar-refractivity contribution in [3.8, 4) is 0 Å². The van der Waals surface area contributed by atoms with Crippen molar-refractivity contribution < 1.29 is 14.3 Å². The Hall–Kier alpha value is -1.36. The van der Waals surface area contributed by atoms with Crippen molar-refractivity contribution in [2.75, 3.05) is 12.4 Å². The predicted molar refractivity (Wildman–Crippen MR) is 77.3 cm³/mol. The molecule has 0 atom stereocenters. The molecule has 0 bridgehead atoms. The van der Waals surface area contributed by atoms with E-state index in [-0.39, 0.29) is 17.7 Å². The molecule has 1 aromatic carbocycles. The highest BCUT2D eigenvalue weighted by Crippen LogP contribution is 2.16. The van der Waals surface area contributed by atoms with E-state index >= 15 is 0 Å². The molecule has 0 aliphatic rings. The summed E-state index contributed by atoms with van der Waals surface area (Å²) in [7, 11) is 1.56. The van der Waals surface area contributed by atoms with Gasteiger partial charge in [0.15, 0.2) is 5.78 Å². The molecule has 0 saturated heterocycles. The van der Waals surface area contributed by atoms with E-state index in [4.69, 9.17) is 4.74 Å². The minimum atomic E-state index is -0.892. The normalized spacial score (nSPS) is 10.9. The number of amides is 1. The molecule has 0 fully saturated rings. The van der Waals surface area contributed by atoms with Crippen molar-refractivity contribution >= 4 is 27.8 Å². The van der Waals surface area contributed by atoms with Crippen LogP contribution in [-0.4, -0.2) is 34.7 Å². The number of alkyl halides is 1. The first kappa shape index (κ1) is 15.7. The minimum Gasteiger partial charge on any atom is -0.445 e. The highest BCUT2D eigenvalue weighted by molar-refractivity contribution is 9.09. The minimum absolute atomic E-state index is 0.0772. The third kappa shape index (κ3) is 4.06. The number of hydrogen-bond acceptors (Lipinski definition) is 3. The maximum atomic E-state index is 11.9. The third-order valence-corrected chi connectivity index (χ3v) is 3.63. The zero-order chi connectivity index (χ0) is 14.5. The van der Waals surface area contributed by atoms with Gasteiger partial charge in [-0.25, -0.2) is 4.79 Å². The van der Waals surface area contributed by atoms with Crippen LogP contribution in [0.1, 0.15) is 19.4 Å². The molecule has 0 aliphatic heterocycles. The Bertz CT molecular complexity index is 445. The molecule has 5 heteroatoms. The number of ether oxygens (including phenoxy) is 1. The fourth-order valence-corrected chi connectivity index (χ4v) is 2.08. The van der Waals surface area contributed by atoms with Crippen LogP contribution in [0.2, 0.25) is 0 Å². The molecule has 0 unspecified atom stereocenters. The number of ketones is 1. The zero-order valence-corrected chi connectivity index (χ0v) is 12.9. The van der Waals surface area contributed by atoms with Crippen LogP contribution in [-0.2, 0) is 16.1 Å². The largest absolute Gasteiger partial charge is 0.445 e. The van der Waals surface area contributed by atoms with E-state index < -0.39 is 11.6 Å². The van der Waals surface area contributed by atoms with Gasteiger partial charge in [-0.2, -0.15) is 0 Å². The van der Waals surface area contributed by atoms with Gasteiger partial charge in [0.2, 0.25) is 0 Å². The molecule has 0 radical (unpaired) electrons. The smallest absolute Gasteiger partial charge is 0.410 e. The highest BCUT2D eigenvalue weighted by Gasteiger charge is 2.35. The Balaban J connectivity index is 2.61. The Morgan fingerprint density at radius 3 is 2.37 bits per heavy atom. The van der Waals surface area contributed by atoms with Gasteiger partial charge in [-0.3, -0.25) is 9.69 Å². The quantitative estimate of drug-likeness (QED) is 0.781. The molecule has 0 N–H and O–H groups in total. The fourth-order valence-electron chi connectivity index (χ4n) is 1.39. The first-order valence-electron chi connectivity index (χ1n) is 5.93. The Labute approximate surface area is 121 Å². The lowest BCUT2D eigenvalue weighted by atomic mass is 9.99. The van der Waals surface area contributed by atoms with Gasteiger partial charge in [0.05, 0.1) is 10.9 Å². The molecule has 4 nitrogen and oxygen atoms in total. The first-order chi connectivity index (χ1) is 8.89. The maximum Gasteiger partial charge on any atom is 0.410 e. The highest BCUT2D eigenvalue weighted by atomic mass is 79.9. The summed E-state index contributed by atoms with van der Waals surface area (Å²) in [5.41, 5.74) is 0.0194. The second kappa shape index (κ2) is 6.70. The number of carbonyl (C=O) groups excluding carboxylic acids is 2. The fraction of sp³-hybridized carbons (Fsp3) is 0.429. The van der Waals surface area contributed by atoms with Crippen molar-refractivity contribution in [3.05, 3.63) is 35.9 Å². The van der Waals surface area contributed by atoms with E-state index in [1.165, 1.54) is 4.90 Å². The van der Waals surface area contributed by atoms with Crippen LogP contribution in [0.25, 0.3) is 0 Å². The maximum absolute atomic E-state index is 11.9. The standard InChI is InChI=1S/C14H18BrNO3/c1-14(2,12(17)9-15)16(3)13(18)19-10-11-7-5-4-6-8-11/h4-8H,9-10H2,1-3H3. The molecular weight excluding hydrogens is 310 g/mol. The number of halogens is 1. The Kier molecular flexibility index (Phi) is 5.54. The van der Waals surface area contributed by atoms with E-state index in [0.717, 1.165) is 5.56 Å². The second-order valence-electron chi connectivity index (χ2n) is 4.72. The van der Waals surface area contributed by atoms with E-state index in [1.807, 2.05) is 30.3 Å². The third-order valence-electron chi connectivity index (χ3n) is 3.12. The summed E-state index contributed by atoms with van der Waals surface area (Å²) in [6.07, 6.45) is -0.511. The van der Waals surface area contributed by atoms with Crippen molar-refractivity contribution in [2.24, 2.45) is 0 Å². The van der Waals surface area contributed by atoms with Crippen molar-refractivity contribution in [1.82, 2.24) is 4.90 Å². The van der Waals surface area contributed by atoms with Gasteiger partial charge in [-0.1, -0.05) is 46.3 Å². The van der Waals surface area contributed by atoms with Crippen LogP contribution in [0.5, 0.6) is 0 Å². The SMILES string of the molecule is CN(C(=O)OCc1ccccc1)C(C)(C)C(=O)CBr. The summed E-state index contributed by atoms with van der Waals surface area (Å²) in [4.78, 5) is 25.0. The van der Waals surface area contributed by atoms with Crippen LogP contribution >= 0.6 is 15.9 Å². The molecule has 0 spiro atoms.